The van der Waals surface area contributed by atoms with Crippen molar-refractivity contribution in [2.75, 3.05) is 23.3 Å². The lowest BCUT2D eigenvalue weighted by Crippen LogP contribution is -2.23. The zero-order chi connectivity index (χ0) is 18.9. The Balaban J connectivity index is 1.33. The lowest BCUT2D eigenvalue weighted by molar-refractivity contribution is 0.562. The minimum atomic E-state index is 0.746. The van der Waals surface area contributed by atoms with Crippen molar-refractivity contribution >= 4 is 29.3 Å². The van der Waals surface area contributed by atoms with Crippen molar-refractivity contribution in [2.45, 2.75) is 31.2 Å². The summed E-state index contributed by atoms with van der Waals surface area (Å²) in [5.74, 6) is 2.73. The number of hydrogen-bond donors (Lipinski definition) is 2. The Hall–Kier alpha value is -2.87. The highest BCUT2D eigenvalue weighted by Crippen LogP contribution is 2.31. The predicted molar refractivity (Wildman–Crippen MR) is 113 cm³/mol. The molecule has 28 heavy (non-hydrogen) atoms. The Kier molecular flexibility index (Phi) is 4.48. The second-order valence-electron chi connectivity index (χ2n) is 7.14. The SMILES string of the molecule is Cc1cc(NC2=CN(Sc3ccc(N4CCCC4)cc3)Cc3nccn32)n[nH]1. The molecule has 7 nitrogen and oxygen atoms in total. The second kappa shape index (κ2) is 7.27. The summed E-state index contributed by atoms with van der Waals surface area (Å²) in [7, 11) is 0. The largest absolute Gasteiger partial charge is 0.372 e. The summed E-state index contributed by atoms with van der Waals surface area (Å²) < 4.78 is 4.27. The zero-order valence-electron chi connectivity index (χ0n) is 15.8. The van der Waals surface area contributed by atoms with Crippen LogP contribution in [0.3, 0.4) is 0 Å². The van der Waals surface area contributed by atoms with Gasteiger partial charge in [-0.05, 0) is 56.0 Å². The molecule has 0 atom stereocenters. The van der Waals surface area contributed by atoms with Gasteiger partial charge in [0.25, 0.3) is 0 Å². The van der Waals surface area contributed by atoms with Gasteiger partial charge in [0.15, 0.2) is 5.82 Å². The summed E-state index contributed by atoms with van der Waals surface area (Å²) in [5, 5.41) is 10.6. The van der Waals surface area contributed by atoms with Crippen LogP contribution in [0.25, 0.3) is 5.82 Å². The van der Waals surface area contributed by atoms with Gasteiger partial charge in [0.2, 0.25) is 0 Å². The summed E-state index contributed by atoms with van der Waals surface area (Å²) in [6, 6.07) is 10.9. The van der Waals surface area contributed by atoms with Crippen molar-refractivity contribution < 1.29 is 0 Å². The van der Waals surface area contributed by atoms with Crippen molar-refractivity contribution in [1.29, 1.82) is 0 Å². The summed E-state index contributed by atoms with van der Waals surface area (Å²) in [4.78, 5) is 8.18. The average Bonchev–Trinajstić information content (AvgIpc) is 3.44. The van der Waals surface area contributed by atoms with E-state index in [4.69, 9.17) is 0 Å². The van der Waals surface area contributed by atoms with Crippen LogP contribution >= 0.6 is 11.9 Å². The van der Waals surface area contributed by atoms with Gasteiger partial charge >= 0.3 is 0 Å². The van der Waals surface area contributed by atoms with Crippen LogP contribution in [0.2, 0.25) is 0 Å². The summed E-state index contributed by atoms with van der Waals surface area (Å²) in [6.07, 6.45) is 8.51. The van der Waals surface area contributed by atoms with E-state index in [1.165, 1.54) is 36.5 Å². The molecule has 0 saturated carbocycles. The molecular weight excluding hydrogens is 370 g/mol. The Bertz CT molecular complexity index is 982. The number of aromatic nitrogens is 4. The Morgan fingerprint density at radius 1 is 1.14 bits per heavy atom. The van der Waals surface area contributed by atoms with Gasteiger partial charge in [-0.1, -0.05) is 0 Å². The molecule has 0 radical (unpaired) electrons. The van der Waals surface area contributed by atoms with Crippen LogP contribution in [0.15, 0.2) is 53.8 Å². The van der Waals surface area contributed by atoms with Crippen molar-refractivity contribution in [3.8, 4) is 0 Å². The molecule has 8 heteroatoms. The lowest BCUT2D eigenvalue weighted by atomic mass is 10.3. The number of imidazole rings is 1. The van der Waals surface area contributed by atoms with Crippen LogP contribution in [0.5, 0.6) is 0 Å². The molecule has 4 heterocycles. The zero-order valence-corrected chi connectivity index (χ0v) is 16.6. The third-order valence-corrected chi connectivity index (χ3v) is 5.99. The number of fused-ring (bicyclic) bond motifs is 1. The fourth-order valence-electron chi connectivity index (χ4n) is 3.65. The highest BCUT2D eigenvalue weighted by Gasteiger charge is 2.19. The minimum Gasteiger partial charge on any atom is -0.372 e. The first-order valence-electron chi connectivity index (χ1n) is 9.58. The number of nitrogens with one attached hydrogen (secondary N) is 2. The number of hydrogen-bond acceptors (Lipinski definition) is 6. The third-order valence-electron chi connectivity index (χ3n) is 5.03. The molecule has 2 aliphatic heterocycles. The fourth-order valence-corrected chi connectivity index (χ4v) is 4.51. The van der Waals surface area contributed by atoms with Crippen molar-refractivity contribution in [3.63, 3.8) is 0 Å². The molecule has 2 aliphatic rings. The summed E-state index contributed by atoms with van der Waals surface area (Å²) >= 11 is 1.72. The number of benzene rings is 1. The maximum atomic E-state index is 4.50. The number of aryl methyl sites for hydroxylation is 1. The molecule has 2 aromatic heterocycles. The molecule has 5 rings (SSSR count). The number of aromatic amines is 1. The molecular formula is C20H23N7S. The molecule has 3 aromatic rings. The number of rotatable bonds is 5. The molecule has 0 spiro atoms. The van der Waals surface area contributed by atoms with E-state index in [0.717, 1.165) is 29.7 Å². The summed E-state index contributed by atoms with van der Waals surface area (Å²) in [5.41, 5.74) is 2.34. The van der Waals surface area contributed by atoms with Gasteiger partial charge in [-0.2, -0.15) is 5.10 Å². The van der Waals surface area contributed by atoms with Gasteiger partial charge in [-0.25, -0.2) is 4.98 Å². The lowest BCUT2D eigenvalue weighted by Gasteiger charge is -2.27. The van der Waals surface area contributed by atoms with E-state index < -0.39 is 0 Å². The first-order chi connectivity index (χ1) is 13.7. The van der Waals surface area contributed by atoms with Gasteiger partial charge in [0.05, 0.1) is 12.7 Å². The Morgan fingerprint density at radius 3 is 2.71 bits per heavy atom. The predicted octanol–water partition coefficient (Wildman–Crippen LogP) is 3.91. The van der Waals surface area contributed by atoms with E-state index in [1.54, 1.807) is 11.9 Å². The molecule has 144 valence electrons. The van der Waals surface area contributed by atoms with Gasteiger partial charge in [0.1, 0.15) is 11.6 Å². The van der Waals surface area contributed by atoms with Crippen molar-refractivity contribution in [1.82, 2.24) is 24.1 Å². The topological polar surface area (TPSA) is 65.0 Å². The standard InChI is InChI=1S/C20H23N7S/c1-15-12-18(24-23-15)22-20-14-26(13-19-21-8-11-27(19)20)28-17-6-4-16(5-7-17)25-9-2-3-10-25/h4-8,11-12,14H,2-3,9-10,13H2,1H3,(H2,22,23,24). The van der Waals surface area contributed by atoms with Gasteiger partial charge < -0.3 is 14.5 Å². The average molecular weight is 394 g/mol. The summed E-state index contributed by atoms with van der Waals surface area (Å²) in [6.45, 7) is 5.08. The van der Waals surface area contributed by atoms with Crippen LogP contribution in [0.4, 0.5) is 11.5 Å². The normalized spacial score (nSPS) is 16.2. The highest BCUT2D eigenvalue weighted by molar-refractivity contribution is 7.97. The monoisotopic (exact) mass is 393 g/mol. The number of nitrogens with zero attached hydrogens (tertiary/aromatic N) is 5. The smallest absolute Gasteiger partial charge is 0.153 e. The first-order valence-corrected chi connectivity index (χ1v) is 10.3. The third kappa shape index (κ3) is 3.47. The van der Waals surface area contributed by atoms with E-state index in [-0.39, 0.29) is 0 Å². The van der Waals surface area contributed by atoms with Gasteiger partial charge in [-0.15, -0.1) is 0 Å². The van der Waals surface area contributed by atoms with Crippen LogP contribution in [0.1, 0.15) is 24.4 Å². The fraction of sp³-hybridized carbons (Fsp3) is 0.300. The van der Waals surface area contributed by atoms with E-state index in [9.17, 15) is 0 Å². The van der Waals surface area contributed by atoms with E-state index in [1.807, 2.05) is 25.4 Å². The minimum absolute atomic E-state index is 0.746. The van der Waals surface area contributed by atoms with Crippen LogP contribution < -0.4 is 10.2 Å². The maximum absolute atomic E-state index is 4.50. The second-order valence-corrected chi connectivity index (χ2v) is 8.27. The molecule has 0 amide bonds. The highest BCUT2D eigenvalue weighted by atomic mass is 32.2. The molecule has 0 unspecified atom stereocenters. The molecule has 1 saturated heterocycles. The van der Waals surface area contributed by atoms with Gasteiger partial charge in [-0.3, -0.25) is 9.67 Å². The molecule has 0 aliphatic carbocycles. The van der Waals surface area contributed by atoms with Crippen LogP contribution in [-0.4, -0.2) is 37.1 Å². The van der Waals surface area contributed by atoms with Gasteiger partial charge in [0, 0.05) is 47.8 Å². The quantitative estimate of drug-likeness (QED) is 0.641. The molecule has 0 bridgehead atoms. The first kappa shape index (κ1) is 17.2. The van der Waals surface area contributed by atoms with Crippen LogP contribution in [-0.2, 0) is 6.54 Å². The number of anilines is 2. The van der Waals surface area contributed by atoms with Crippen LogP contribution in [0, 0.1) is 6.92 Å². The van der Waals surface area contributed by atoms with Crippen molar-refractivity contribution in [3.05, 3.63) is 60.4 Å². The molecule has 1 aromatic carbocycles. The maximum Gasteiger partial charge on any atom is 0.153 e. The molecule has 2 N–H and O–H groups in total. The van der Waals surface area contributed by atoms with E-state index >= 15 is 0 Å². The van der Waals surface area contributed by atoms with Crippen molar-refractivity contribution in [2.24, 2.45) is 0 Å². The molecule has 1 fully saturated rings. The Morgan fingerprint density at radius 2 is 1.96 bits per heavy atom. The number of H-pyrrole nitrogens is 1. The van der Waals surface area contributed by atoms with E-state index in [2.05, 4.69) is 64.7 Å². The Labute approximate surface area is 168 Å². The van der Waals surface area contributed by atoms with E-state index in [0.29, 0.717) is 0 Å².